The van der Waals surface area contributed by atoms with Crippen LogP contribution in [0, 0.1) is 6.08 Å². The van der Waals surface area contributed by atoms with Crippen molar-refractivity contribution in [3.05, 3.63) is 37.0 Å². The first-order chi connectivity index (χ1) is 4.41. The average molecular weight is 320 g/mol. The first kappa shape index (κ1) is 13.0. The van der Waals surface area contributed by atoms with E-state index in [1.807, 2.05) is 12.2 Å². The summed E-state index contributed by atoms with van der Waals surface area (Å²) in [4.78, 5) is 0. The molecule has 0 atom stereocenters. The maximum absolute atomic E-state index is 5.07. The van der Waals surface area contributed by atoms with Gasteiger partial charge in [-0.15, -0.1) is 24.6 Å². The van der Waals surface area contributed by atoms with Gasteiger partial charge >= 0.3 is 0 Å². The third kappa shape index (κ3) is 11.2. The van der Waals surface area contributed by atoms with Crippen molar-refractivity contribution in [3.8, 4) is 0 Å². The molecule has 2 heteroatoms. The van der Waals surface area contributed by atoms with Gasteiger partial charge in [0.1, 0.15) is 0 Å². The van der Waals surface area contributed by atoms with Crippen LogP contribution in [-0.2, 0) is 25.8 Å². The molecule has 0 bridgehead atoms. The molecule has 10 heavy (non-hydrogen) atoms. The van der Waals surface area contributed by atoms with Crippen molar-refractivity contribution >= 4 is 11.6 Å². The first-order valence-electron chi connectivity index (χ1n) is 2.80. The summed E-state index contributed by atoms with van der Waals surface area (Å²) in [6.45, 7) is 3.35. The van der Waals surface area contributed by atoms with Crippen molar-refractivity contribution in [3.63, 3.8) is 0 Å². The van der Waals surface area contributed by atoms with Crippen LogP contribution >= 0.6 is 11.6 Å². The van der Waals surface area contributed by atoms with Crippen LogP contribution in [-0.4, -0.2) is 5.88 Å². The molecule has 1 rings (SSSR count). The van der Waals surface area contributed by atoms with Crippen LogP contribution in [0.15, 0.2) is 30.9 Å². The zero-order chi connectivity index (χ0) is 6.95. The number of hydrogen-bond acceptors (Lipinski definition) is 0. The Morgan fingerprint density at radius 2 is 2.30 bits per heavy atom. The largest absolute Gasteiger partial charge is 0.273 e. The molecule has 0 aromatic heterocycles. The summed E-state index contributed by atoms with van der Waals surface area (Å²) in [5.41, 5.74) is 0. The molecule has 1 aliphatic carbocycles. The number of allylic oxidation sites excluding steroid dienone is 5. The second-order valence-corrected chi connectivity index (χ2v) is 1.75. The van der Waals surface area contributed by atoms with E-state index in [0.717, 1.165) is 6.42 Å². The fourth-order valence-electron chi connectivity index (χ4n) is 0.340. The Bertz CT molecular complexity index is 106. The van der Waals surface area contributed by atoms with Gasteiger partial charge in [-0.05, 0) is 0 Å². The molecule has 0 amide bonds. The van der Waals surface area contributed by atoms with E-state index in [1.54, 1.807) is 6.08 Å². The fourth-order valence-corrected chi connectivity index (χ4v) is 0.340. The standard InChI is InChI=1S/C5H5.C3H5Cl.Hf/c1-2-4-5-3-1;1-2-3-4;/h1-3H,4H2;2H,1,3H2;/q-1;;. The minimum atomic E-state index is 0. The Morgan fingerprint density at radius 1 is 1.70 bits per heavy atom. The molecule has 1 aliphatic rings. The van der Waals surface area contributed by atoms with Crippen molar-refractivity contribution in [1.29, 1.82) is 0 Å². The molecular weight excluding hydrogens is 310 g/mol. The molecule has 0 aromatic carbocycles. The van der Waals surface area contributed by atoms with Crippen molar-refractivity contribution in [2.75, 3.05) is 5.88 Å². The van der Waals surface area contributed by atoms with Crippen LogP contribution < -0.4 is 0 Å². The Morgan fingerprint density at radius 3 is 2.40 bits per heavy atom. The molecule has 0 nitrogen and oxygen atoms in total. The van der Waals surface area contributed by atoms with E-state index in [1.165, 1.54) is 0 Å². The van der Waals surface area contributed by atoms with Gasteiger partial charge in [-0.1, -0.05) is 6.08 Å². The van der Waals surface area contributed by atoms with Crippen molar-refractivity contribution in [2.45, 2.75) is 6.42 Å². The van der Waals surface area contributed by atoms with E-state index in [4.69, 9.17) is 11.6 Å². The molecule has 0 spiro atoms. The van der Waals surface area contributed by atoms with Crippen LogP contribution in [0.4, 0.5) is 0 Å². The van der Waals surface area contributed by atoms with Crippen LogP contribution in [0.3, 0.4) is 0 Å². The molecule has 0 saturated heterocycles. The van der Waals surface area contributed by atoms with Gasteiger partial charge in [-0.2, -0.15) is 6.08 Å². The smallest absolute Gasteiger partial charge is 0.0401 e. The first-order valence-corrected chi connectivity index (χ1v) is 3.34. The van der Waals surface area contributed by atoms with Gasteiger partial charge in [0.15, 0.2) is 0 Å². The van der Waals surface area contributed by atoms with Crippen molar-refractivity contribution in [1.82, 2.24) is 0 Å². The Balaban J connectivity index is 0. The number of halogens is 1. The molecule has 0 heterocycles. The van der Waals surface area contributed by atoms with Crippen molar-refractivity contribution < 1.29 is 25.8 Å². The summed E-state index contributed by atoms with van der Waals surface area (Å²) in [5.74, 6) is 0.556. The maximum atomic E-state index is 5.07. The second-order valence-electron chi connectivity index (χ2n) is 1.45. The van der Waals surface area contributed by atoms with Gasteiger partial charge in [0.05, 0.1) is 0 Å². The molecule has 0 aliphatic heterocycles. The third-order valence-corrected chi connectivity index (χ3v) is 0.913. The summed E-state index contributed by atoms with van der Waals surface area (Å²) in [5, 5.41) is 0. The van der Waals surface area contributed by atoms with Gasteiger partial charge in [-0.3, -0.25) is 6.08 Å². The van der Waals surface area contributed by atoms with Gasteiger partial charge in [0.25, 0.3) is 0 Å². The Hall–Kier alpha value is 0.380. The van der Waals surface area contributed by atoms with Crippen LogP contribution in [0.2, 0.25) is 0 Å². The van der Waals surface area contributed by atoms with Gasteiger partial charge < -0.3 is 0 Å². The zero-order valence-electron chi connectivity index (χ0n) is 5.81. The Kier molecular flexibility index (Phi) is 15.7. The van der Waals surface area contributed by atoms with Gasteiger partial charge in [0, 0.05) is 31.7 Å². The molecular formula is C8H10ClHf-. The number of alkyl halides is 1. The third-order valence-electron chi connectivity index (χ3n) is 0.695. The average Bonchev–Trinajstić information content (AvgIpc) is 2.43. The van der Waals surface area contributed by atoms with Crippen LogP contribution in [0.1, 0.15) is 6.42 Å². The maximum Gasteiger partial charge on any atom is 0.0401 e. The van der Waals surface area contributed by atoms with E-state index >= 15 is 0 Å². The SMILES string of the molecule is C=CCCl.[C-]1=CC=CC1.[Hf]. The van der Waals surface area contributed by atoms with Crippen molar-refractivity contribution in [2.24, 2.45) is 0 Å². The van der Waals surface area contributed by atoms with Gasteiger partial charge in [0.2, 0.25) is 0 Å². The zero-order valence-corrected chi connectivity index (χ0v) is 10.2. The predicted molar refractivity (Wildman–Crippen MR) is 42.5 cm³/mol. The van der Waals surface area contributed by atoms with Crippen LogP contribution in [0.5, 0.6) is 0 Å². The quantitative estimate of drug-likeness (QED) is 0.302. The summed E-state index contributed by atoms with van der Waals surface area (Å²) in [6.07, 6.45) is 11.6. The molecule has 54 valence electrons. The minimum absolute atomic E-state index is 0. The second kappa shape index (κ2) is 12.1. The summed E-state index contributed by atoms with van der Waals surface area (Å²) in [7, 11) is 0. The van der Waals surface area contributed by atoms with Crippen LogP contribution in [0.25, 0.3) is 0 Å². The van der Waals surface area contributed by atoms with E-state index in [0.29, 0.717) is 5.88 Å². The van der Waals surface area contributed by atoms with E-state index in [-0.39, 0.29) is 25.8 Å². The van der Waals surface area contributed by atoms with E-state index < -0.39 is 0 Å². The van der Waals surface area contributed by atoms with E-state index in [9.17, 15) is 0 Å². The molecule has 0 unspecified atom stereocenters. The fraction of sp³-hybridized carbons (Fsp3) is 0.250. The Labute approximate surface area is 86.4 Å². The topological polar surface area (TPSA) is 0 Å². The van der Waals surface area contributed by atoms with Gasteiger partial charge in [-0.25, -0.2) is 12.2 Å². The molecule has 0 radical (unpaired) electrons. The molecule has 0 aromatic rings. The number of hydrogen-bond donors (Lipinski definition) is 0. The normalized spacial score (nSPS) is 11.3. The molecule has 0 fully saturated rings. The molecule has 0 N–H and O–H groups in total. The number of rotatable bonds is 1. The molecule has 0 saturated carbocycles. The summed E-state index contributed by atoms with van der Waals surface area (Å²) < 4.78 is 0. The summed E-state index contributed by atoms with van der Waals surface area (Å²) >= 11 is 5.07. The minimum Gasteiger partial charge on any atom is -0.273 e. The van der Waals surface area contributed by atoms with E-state index in [2.05, 4.69) is 18.7 Å². The summed E-state index contributed by atoms with van der Waals surface area (Å²) in [6, 6.07) is 0. The monoisotopic (exact) mass is 321 g/mol. The predicted octanol–water partition coefficient (Wildman–Crippen LogP) is 2.71.